The summed E-state index contributed by atoms with van der Waals surface area (Å²) in [6.07, 6.45) is 5.74. The molecule has 2 bridgehead atoms. The molecule has 1 saturated heterocycles. The molecule has 2 aromatic carbocycles. The van der Waals surface area contributed by atoms with Crippen molar-refractivity contribution in [3.8, 4) is 0 Å². The number of halogens is 1. The van der Waals surface area contributed by atoms with E-state index < -0.39 is 10.0 Å². The maximum absolute atomic E-state index is 13.9. The van der Waals surface area contributed by atoms with Crippen LogP contribution in [-0.2, 0) is 21.2 Å². The molecule has 2 heterocycles. The first-order valence-electron chi connectivity index (χ1n) is 11.1. The van der Waals surface area contributed by atoms with E-state index in [-0.39, 0.29) is 17.6 Å². The standard InChI is InChI=1S/C25H28BrNO3S/c1-25-16-24(30-23-10-6-5-9-21(23)25)22(15-18-7-3-2-4-8-18)27(17-25)31(28,29)20-13-11-19(26)12-14-20/h2-4,7-8,11-14,22,24H,5-6,9-10,15-17H2,1H3/t22-,24-,25+/m0/s1. The Balaban J connectivity index is 1.58. The van der Waals surface area contributed by atoms with E-state index in [1.807, 2.05) is 18.2 Å². The number of hydrogen-bond donors (Lipinski definition) is 0. The van der Waals surface area contributed by atoms with Gasteiger partial charge in [0.05, 0.1) is 16.7 Å². The van der Waals surface area contributed by atoms with Crippen LogP contribution < -0.4 is 0 Å². The highest BCUT2D eigenvalue weighted by Gasteiger charge is 2.53. The summed E-state index contributed by atoms with van der Waals surface area (Å²) in [5.41, 5.74) is 2.33. The third kappa shape index (κ3) is 3.87. The second kappa shape index (κ2) is 8.05. The lowest BCUT2D eigenvalue weighted by atomic mass is 9.67. The van der Waals surface area contributed by atoms with Crippen LogP contribution in [0.4, 0.5) is 0 Å². The minimum Gasteiger partial charge on any atom is -0.493 e. The van der Waals surface area contributed by atoms with Crippen LogP contribution in [0.15, 0.2) is 75.3 Å². The number of benzene rings is 2. The van der Waals surface area contributed by atoms with E-state index >= 15 is 0 Å². The highest BCUT2D eigenvalue weighted by atomic mass is 79.9. The van der Waals surface area contributed by atoms with E-state index in [2.05, 4.69) is 35.0 Å². The average molecular weight is 502 g/mol. The van der Waals surface area contributed by atoms with Crippen molar-refractivity contribution in [3.63, 3.8) is 0 Å². The fourth-order valence-electron chi connectivity index (χ4n) is 5.55. The van der Waals surface area contributed by atoms with Gasteiger partial charge in [-0.05, 0) is 67.5 Å². The molecule has 0 spiro atoms. The van der Waals surface area contributed by atoms with Crippen molar-refractivity contribution in [2.45, 2.75) is 62.5 Å². The zero-order valence-corrected chi connectivity index (χ0v) is 20.2. The van der Waals surface area contributed by atoms with Gasteiger partial charge in [-0.15, -0.1) is 0 Å². The van der Waals surface area contributed by atoms with Crippen LogP contribution in [0.2, 0.25) is 0 Å². The van der Waals surface area contributed by atoms with Gasteiger partial charge in [-0.25, -0.2) is 8.42 Å². The van der Waals surface area contributed by atoms with Crippen LogP contribution in [-0.4, -0.2) is 31.4 Å². The van der Waals surface area contributed by atoms with Crippen molar-refractivity contribution in [1.82, 2.24) is 4.31 Å². The number of nitrogens with zero attached hydrogens (tertiary/aromatic N) is 1. The van der Waals surface area contributed by atoms with E-state index in [0.29, 0.717) is 17.9 Å². The number of rotatable bonds is 4. The molecule has 1 aliphatic carbocycles. The minimum atomic E-state index is -3.66. The van der Waals surface area contributed by atoms with Gasteiger partial charge in [0, 0.05) is 22.9 Å². The molecule has 0 N–H and O–H groups in total. The molecule has 31 heavy (non-hydrogen) atoms. The average Bonchev–Trinajstić information content (AvgIpc) is 2.76. The SMILES string of the molecule is C[C@]12C[C@H](OC3=C1CCCC3)[C@H](Cc1ccccc1)N(S(=O)(=O)c1ccc(Br)cc1)C2. The first-order valence-corrected chi connectivity index (χ1v) is 13.3. The number of fused-ring (bicyclic) bond motifs is 3. The Morgan fingerprint density at radius 3 is 2.52 bits per heavy atom. The predicted molar refractivity (Wildman–Crippen MR) is 125 cm³/mol. The van der Waals surface area contributed by atoms with Gasteiger partial charge in [-0.2, -0.15) is 4.31 Å². The number of allylic oxidation sites excluding steroid dienone is 1. The highest BCUT2D eigenvalue weighted by Crippen LogP contribution is 2.51. The van der Waals surface area contributed by atoms with Gasteiger partial charge in [0.2, 0.25) is 10.0 Å². The highest BCUT2D eigenvalue weighted by molar-refractivity contribution is 9.10. The number of ether oxygens (including phenoxy) is 1. The fraction of sp³-hybridized carbons (Fsp3) is 0.440. The first-order chi connectivity index (χ1) is 14.9. The van der Waals surface area contributed by atoms with Gasteiger partial charge in [-0.3, -0.25) is 0 Å². The normalized spacial score (nSPS) is 28.7. The minimum absolute atomic E-state index is 0.124. The maximum Gasteiger partial charge on any atom is 0.243 e. The summed E-state index contributed by atoms with van der Waals surface area (Å²) >= 11 is 3.42. The predicted octanol–water partition coefficient (Wildman–Crippen LogP) is 5.69. The summed E-state index contributed by atoms with van der Waals surface area (Å²) in [4.78, 5) is 0.343. The molecule has 0 amide bonds. The topological polar surface area (TPSA) is 46.6 Å². The molecular weight excluding hydrogens is 474 g/mol. The molecule has 6 heteroatoms. The van der Waals surface area contributed by atoms with Gasteiger partial charge in [0.1, 0.15) is 6.10 Å². The van der Waals surface area contributed by atoms with Gasteiger partial charge < -0.3 is 4.74 Å². The smallest absolute Gasteiger partial charge is 0.243 e. The molecule has 1 fully saturated rings. The summed E-state index contributed by atoms with van der Waals surface area (Å²) in [6, 6.07) is 16.9. The second-order valence-electron chi connectivity index (χ2n) is 9.29. The van der Waals surface area contributed by atoms with Crippen molar-refractivity contribution in [1.29, 1.82) is 0 Å². The molecule has 5 rings (SSSR count). The summed E-state index contributed by atoms with van der Waals surface area (Å²) in [5.74, 6) is 1.14. The molecule has 0 radical (unpaired) electrons. The van der Waals surface area contributed by atoms with Crippen molar-refractivity contribution in [3.05, 3.63) is 76.0 Å². The van der Waals surface area contributed by atoms with Crippen molar-refractivity contribution < 1.29 is 13.2 Å². The Bertz CT molecular complexity index is 1100. The monoisotopic (exact) mass is 501 g/mol. The van der Waals surface area contributed by atoms with Crippen LogP contribution in [0.3, 0.4) is 0 Å². The lowest BCUT2D eigenvalue weighted by Gasteiger charge is -2.54. The van der Waals surface area contributed by atoms with Crippen LogP contribution in [0, 0.1) is 5.41 Å². The van der Waals surface area contributed by atoms with Gasteiger partial charge >= 0.3 is 0 Å². The number of piperidine rings is 1. The van der Waals surface area contributed by atoms with Gasteiger partial charge in [0.15, 0.2) is 0 Å². The van der Waals surface area contributed by atoms with E-state index in [9.17, 15) is 8.42 Å². The summed E-state index contributed by atoms with van der Waals surface area (Å²) in [7, 11) is -3.66. The molecule has 3 aliphatic rings. The lowest BCUT2D eigenvalue weighted by molar-refractivity contribution is -0.0517. The van der Waals surface area contributed by atoms with Gasteiger partial charge in [0.25, 0.3) is 0 Å². The van der Waals surface area contributed by atoms with Crippen LogP contribution >= 0.6 is 15.9 Å². The van der Waals surface area contributed by atoms with E-state index in [1.165, 1.54) is 5.57 Å². The van der Waals surface area contributed by atoms with E-state index in [4.69, 9.17) is 4.74 Å². The second-order valence-corrected chi connectivity index (χ2v) is 12.1. The Hall–Kier alpha value is -1.63. The summed E-state index contributed by atoms with van der Waals surface area (Å²) in [5, 5.41) is 0. The van der Waals surface area contributed by atoms with Crippen LogP contribution in [0.25, 0.3) is 0 Å². The Kier molecular flexibility index (Phi) is 5.51. The summed E-state index contributed by atoms with van der Waals surface area (Å²) < 4.78 is 36.9. The Labute approximate surface area is 193 Å². The summed E-state index contributed by atoms with van der Waals surface area (Å²) in [6.45, 7) is 2.76. The van der Waals surface area contributed by atoms with Crippen molar-refractivity contribution >= 4 is 26.0 Å². The third-order valence-corrected chi connectivity index (χ3v) is 9.52. The zero-order chi connectivity index (χ0) is 21.6. The zero-order valence-electron chi connectivity index (χ0n) is 17.8. The molecule has 0 aromatic heterocycles. The first kappa shape index (κ1) is 21.2. The van der Waals surface area contributed by atoms with Crippen molar-refractivity contribution in [2.24, 2.45) is 5.41 Å². The van der Waals surface area contributed by atoms with Crippen molar-refractivity contribution in [2.75, 3.05) is 6.54 Å². The largest absolute Gasteiger partial charge is 0.493 e. The molecular formula is C25H28BrNO3S. The van der Waals surface area contributed by atoms with Crippen LogP contribution in [0.1, 0.15) is 44.6 Å². The van der Waals surface area contributed by atoms with Gasteiger partial charge in [-0.1, -0.05) is 53.2 Å². The number of sulfonamides is 1. The molecule has 0 saturated carbocycles. The Morgan fingerprint density at radius 1 is 1.06 bits per heavy atom. The molecule has 4 nitrogen and oxygen atoms in total. The Morgan fingerprint density at radius 2 is 1.77 bits per heavy atom. The van der Waals surface area contributed by atoms with E-state index in [1.54, 1.807) is 28.6 Å². The number of hydrogen-bond acceptors (Lipinski definition) is 3. The quantitative estimate of drug-likeness (QED) is 0.540. The maximum atomic E-state index is 13.9. The molecule has 3 atom stereocenters. The fourth-order valence-corrected chi connectivity index (χ4v) is 7.59. The molecule has 0 unspecified atom stereocenters. The van der Waals surface area contributed by atoms with Crippen LogP contribution in [0.5, 0.6) is 0 Å². The molecule has 2 aromatic rings. The lowest BCUT2D eigenvalue weighted by Crippen LogP contribution is -2.60. The van der Waals surface area contributed by atoms with E-state index in [0.717, 1.165) is 47.9 Å². The molecule has 2 aliphatic heterocycles. The third-order valence-electron chi connectivity index (χ3n) is 7.10. The molecule has 164 valence electrons.